The monoisotopic (exact) mass is 729 g/mol. The first-order chi connectivity index (χ1) is 23.9. The summed E-state index contributed by atoms with van der Waals surface area (Å²) in [6, 6.07) is 25.2. The minimum atomic E-state index is -1.58. The lowest BCUT2D eigenvalue weighted by Crippen LogP contribution is -2.49. The minimum absolute atomic E-state index is 0.0301. The van der Waals surface area contributed by atoms with Crippen LogP contribution in [0.4, 0.5) is 5.69 Å². The Hall–Kier alpha value is -5.23. The van der Waals surface area contributed by atoms with Crippen LogP contribution < -0.4 is 24.3 Å². The molecule has 0 bridgehead atoms. The zero-order valence-electron chi connectivity index (χ0n) is 27.3. The fraction of sp³-hybridized carbons (Fsp3) is 0.278. The number of nitrogens with zero attached hydrogens (tertiary/aromatic N) is 4. The van der Waals surface area contributed by atoms with E-state index in [4.69, 9.17) is 33.8 Å². The van der Waals surface area contributed by atoms with E-state index in [1.807, 2.05) is 30.3 Å². The van der Waals surface area contributed by atoms with Gasteiger partial charge in [-0.05, 0) is 41.4 Å². The van der Waals surface area contributed by atoms with Crippen molar-refractivity contribution in [2.24, 2.45) is 10.1 Å². The standard InChI is InChI=1S/C36H36BrN5O7/c1-45-26-19-31(46-2)28(32(20-26)47-3)22-39-35(44)36(21-24-9-4-7-12-30(24)41-42-38)33(27-10-5-6-11-29(27)37)49-34(40-36)23-13-15-25(16-14-23)48-18-8-17-43/h4-7,9-16,19-20,33,43H,8,17-18,21-22H2,1-3H3,(H,39,44)/t33-,36-/m1/s1. The lowest BCUT2D eigenvalue weighted by molar-refractivity contribution is -0.129. The Labute approximate surface area is 292 Å². The number of aliphatic hydroxyl groups excluding tert-OH is 1. The molecule has 2 N–H and O–H groups in total. The van der Waals surface area contributed by atoms with Gasteiger partial charge in [0, 0.05) is 57.8 Å². The molecular weight excluding hydrogens is 694 g/mol. The third-order valence-electron chi connectivity index (χ3n) is 8.06. The summed E-state index contributed by atoms with van der Waals surface area (Å²) in [6.45, 7) is 0.432. The molecule has 5 rings (SSSR count). The third kappa shape index (κ3) is 7.75. The molecule has 12 nitrogen and oxygen atoms in total. The first kappa shape index (κ1) is 35.1. The van der Waals surface area contributed by atoms with Crippen molar-refractivity contribution in [1.82, 2.24) is 5.32 Å². The number of benzene rings is 4. The quantitative estimate of drug-likeness (QED) is 0.0578. The van der Waals surface area contributed by atoms with Crippen molar-refractivity contribution in [3.8, 4) is 23.0 Å². The van der Waals surface area contributed by atoms with Gasteiger partial charge in [0.1, 0.15) is 23.0 Å². The van der Waals surface area contributed by atoms with Gasteiger partial charge in [0.15, 0.2) is 11.6 Å². The van der Waals surface area contributed by atoms with E-state index in [0.717, 1.165) is 4.47 Å². The maximum absolute atomic E-state index is 14.8. The number of amides is 1. The van der Waals surface area contributed by atoms with Crippen LogP contribution in [0.5, 0.6) is 23.0 Å². The molecule has 1 heterocycles. The van der Waals surface area contributed by atoms with Crippen LogP contribution in [0.25, 0.3) is 10.4 Å². The second-order valence-corrected chi connectivity index (χ2v) is 11.9. The normalized spacial score (nSPS) is 16.5. The van der Waals surface area contributed by atoms with E-state index in [0.29, 0.717) is 64.0 Å². The number of nitrogens with one attached hydrogen (secondary N) is 1. The Balaban J connectivity index is 1.63. The molecule has 49 heavy (non-hydrogen) atoms. The van der Waals surface area contributed by atoms with Gasteiger partial charge in [-0.3, -0.25) is 4.79 Å². The molecule has 0 unspecified atom stereocenters. The van der Waals surface area contributed by atoms with E-state index in [9.17, 15) is 10.3 Å². The molecule has 0 saturated carbocycles. The van der Waals surface area contributed by atoms with E-state index >= 15 is 0 Å². The summed E-state index contributed by atoms with van der Waals surface area (Å²) >= 11 is 3.67. The average Bonchev–Trinajstić information content (AvgIpc) is 3.51. The molecule has 0 aliphatic carbocycles. The van der Waals surface area contributed by atoms with E-state index in [2.05, 4.69) is 31.3 Å². The third-order valence-corrected chi connectivity index (χ3v) is 8.79. The van der Waals surface area contributed by atoms with Crippen LogP contribution in [0.15, 0.2) is 99.5 Å². The molecule has 1 amide bonds. The average molecular weight is 731 g/mol. The number of carbonyl (C=O) groups is 1. The summed E-state index contributed by atoms with van der Waals surface area (Å²) < 4.78 is 29.8. The van der Waals surface area contributed by atoms with Gasteiger partial charge in [0.25, 0.3) is 5.91 Å². The molecule has 4 aromatic carbocycles. The van der Waals surface area contributed by atoms with Gasteiger partial charge in [-0.25, -0.2) is 4.99 Å². The van der Waals surface area contributed by atoms with Crippen LogP contribution in [0.1, 0.15) is 34.8 Å². The molecule has 2 atom stereocenters. The number of hydrogen-bond acceptors (Lipinski definition) is 9. The van der Waals surface area contributed by atoms with Crippen LogP contribution >= 0.6 is 15.9 Å². The van der Waals surface area contributed by atoms with Crippen molar-refractivity contribution in [3.05, 3.63) is 122 Å². The van der Waals surface area contributed by atoms with Crippen LogP contribution in [-0.4, -0.2) is 57.0 Å². The second kappa shape index (κ2) is 16.2. The lowest BCUT2D eigenvalue weighted by atomic mass is 9.81. The molecule has 1 aliphatic heterocycles. The topological polar surface area (TPSA) is 157 Å². The number of carbonyl (C=O) groups excluding carboxylic acids is 1. The van der Waals surface area contributed by atoms with Gasteiger partial charge in [-0.15, -0.1) is 0 Å². The Morgan fingerprint density at radius 1 is 1.00 bits per heavy atom. The van der Waals surface area contributed by atoms with Crippen LogP contribution in [-0.2, 0) is 22.5 Å². The molecule has 13 heteroatoms. The Morgan fingerprint density at radius 2 is 1.69 bits per heavy atom. The van der Waals surface area contributed by atoms with Gasteiger partial charge < -0.3 is 34.1 Å². The molecule has 0 spiro atoms. The van der Waals surface area contributed by atoms with Crippen LogP contribution in [0, 0.1) is 0 Å². The van der Waals surface area contributed by atoms with Crippen molar-refractivity contribution >= 4 is 33.4 Å². The number of azide groups is 1. The second-order valence-electron chi connectivity index (χ2n) is 11.0. The molecule has 0 saturated heterocycles. The summed E-state index contributed by atoms with van der Waals surface area (Å²) in [5.41, 5.74) is 10.7. The van der Waals surface area contributed by atoms with E-state index in [1.165, 1.54) is 14.2 Å². The van der Waals surface area contributed by atoms with Crippen LogP contribution in [0.3, 0.4) is 0 Å². The SMILES string of the molecule is COc1cc(OC)c(CNC(=O)[C@]2(Cc3ccccc3N=[N+]=[N-])N=C(c3ccc(OCCCO)cc3)O[C@@H]2c2ccccc2Br)c(OC)c1. The zero-order valence-corrected chi connectivity index (χ0v) is 28.8. The number of hydrogen-bond donors (Lipinski definition) is 2. The Bertz CT molecular complexity index is 1840. The maximum Gasteiger partial charge on any atom is 0.252 e. The maximum atomic E-state index is 14.8. The fourth-order valence-electron chi connectivity index (χ4n) is 5.62. The minimum Gasteiger partial charge on any atom is -0.496 e. The summed E-state index contributed by atoms with van der Waals surface area (Å²) in [6.07, 6.45) is -0.366. The van der Waals surface area contributed by atoms with Gasteiger partial charge in [0.05, 0.1) is 40.0 Å². The van der Waals surface area contributed by atoms with E-state index in [-0.39, 0.29) is 25.5 Å². The van der Waals surface area contributed by atoms with Crippen molar-refractivity contribution in [2.75, 3.05) is 34.5 Å². The highest BCUT2D eigenvalue weighted by Gasteiger charge is 2.54. The van der Waals surface area contributed by atoms with Gasteiger partial charge >= 0.3 is 0 Å². The van der Waals surface area contributed by atoms with Gasteiger partial charge in [0.2, 0.25) is 5.90 Å². The van der Waals surface area contributed by atoms with Crippen LogP contribution in [0.2, 0.25) is 0 Å². The zero-order chi connectivity index (χ0) is 34.8. The van der Waals surface area contributed by atoms with Gasteiger partial charge in [-0.1, -0.05) is 63.5 Å². The van der Waals surface area contributed by atoms with Crippen molar-refractivity contribution in [1.29, 1.82) is 0 Å². The number of rotatable bonds is 15. The lowest BCUT2D eigenvalue weighted by Gasteiger charge is -2.32. The molecular formula is C36H36BrN5O7. The Kier molecular flexibility index (Phi) is 11.6. The number of halogens is 1. The molecule has 0 fully saturated rings. The van der Waals surface area contributed by atoms with Crippen molar-refractivity contribution < 1.29 is 33.6 Å². The number of ether oxygens (including phenoxy) is 5. The number of methoxy groups -OCH3 is 3. The smallest absolute Gasteiger partial charge is 0.252 e. The predicted molar refractivity (Wildman–Crippen MR) is 188 cm³/mol. The van der Waals surface area contributed by atoms with Crippen molar-refractivity contribution in [3.63, 3.8) is 0 Å². The molecule has 0 radical (unpaired) electrons. The highest BCUT2D eigenvalue weighted by Crippen LogP contribution is 2.46. The number of aliphatic imine (C=N–C) groups is 1. The summed E-state index contributed by atoms with van der Waals surface area (Å²) in [7, 11) is 4.60. The van der Waals surface area contributed by atoms with E-state index < -0.39 is 17.6 Å². The number of aliphatic hydroxyl groups is 1. The predicted octanol–water partition coefficient (Wildman–Crippen LogP) is 6.99. The molecule has 1 aliphatic rings. The van der Waals surface area contributed by atoms with Gasteiger partial charge in [-0.2, -0.15) is 0 Å². The molecule has 254 valence electrons. The molecule has 4 aromatic rings. The highest BCUT2D eigenvalue weighted by molar-refractivity contribution is 9.10. The van der Waals surface area contributed by atoms with E-state index in [1.54, 1.807) is 61.7 Å². The first-order valence-electron chi connectivity index (χ1n) is 15.4. The summed E-state index contributed by atoms with van der Waals surface area (Å²) in [5.74, 6) is 1.89. The largest absolute Gasteiger partial charge is 0.496 e. The summed E-state index contributed by atoms with van der Waals surface area (Å²) in [5, 5.41) is 16.1. The molecule has 0 aromatic heterocycles. The van der Waals surface area contributed by atoms with Crippen molar-refractivity contribution in [2.45, 2.75) is 31.0 Å². The summed E-state index contributed by atoms with van der Waals surface area (Å²) in [4.78, 5) is 22.9. The fourth-order valence-corrected chi connectivity index (χ4v) is 6.11. The first-order valence-corrected chi connectivity index (χ1v) is 16.2. The Morgan fingerprint density at radius 3 is 2.35 bits per heavy atom. The highest BCUT2D eigenvalue weighted by atomic mass is 79.9.